The minimum absolute atomic E-state index is 0.153. The summed E-state index contributed by atoms with van der Waals surface area (Å²) in [5.41, 5.74) is 6.82. The van der Waals surface area contributed by atoms with Crippen LogP contribution in [0.3, 0.4) is 0 Å². The quantitative estimate of drug-likeness (QED) is 0.666. The Kier molecular flexibility index (Phi) is 5.56. The topological polar surface area (TPSA) is 58.4 Å². The van der Waals surface area contributed by atoms with Gasteiger partial charge in [-0.1, -0.05) is 29.8 Å². The van der Waals surface area contributed by atoms with Crippen LogP contribution in [0.15, 0.2) is 42.6 Å². The van der Waals surface area contributed by atoms with E-state index in [1.807, 2.05) is 35.7 Å². The Morgan fingerprint density at radius 3 is 2.73 bits per heavy atom. The van der Waals surface area contributed by atoms with E-state index in [2.05, 4.69) is 47.7 Å². The Balaban J connectivity index is 1.42. The van der Waals surface area contributed by atoms with Gasteiger partial charge in [-0.3, -0.25) is 0 Å². The number of fused-ring (bicyclic) bond motifs is 1. The lowest BCUT2D eigenvalue weighted by Gasteiger charge is -2.08. The smallest absolute Gasteiger partial charge is 0.315 e. The molecule has 5 heteroatoms. The molecule has 0 radical (unpaired) electrons. The second-order valence-electron chi connectivity index (χ2n) is 6.77. The maximum Gasteiger partial charge on any atom is 0.315 e. The van der Waals surface area contributed by atoms with E-state index in [9.17, 15) is 4.79 Å². The van der Waals surface area contributed by atoms with Crippen LogP contribution in [0, 0.1) is 20.8 Å². The average molecular weight is 350 g/mol. The highest BCUT2D eigenvalue weighted by Gasteiger charge is 2.05. The molecule has 0 saturated heterocycles. The van der Waals surface area contributed by atoms with Gasteiger partial charge < -0.3 is 15.0 Å². The van der Waals surface area contributed by atoms with Crippen LogP contribution < -0.4 is 10.6 Å². The van der Waals surface area contributed by atoms with Crippen molar-refractivity contribution >= 4 is 11.7 Å². The molecule has 3 aromatic rings. The Hall–Kier alpha value is -2.82. The normalized spacial score (nSPS) is 10.9. The van der Waals surface area contributed by atoms with E-state index >= 15 is 0 Å². The second-order valence-corrected chi connectivity index (χ2v) is 6.77. The minimum Gasteiger partial charge on any atom is -0.338 e. The van der Waals surface area contributed by atoms with E-state index in [0.29, 0.717) is 13.1 Å². The van der Waals surface area contributed by atoms with Gasteiger partial charge in [-0.2, -0.15) is 0 Å². The summed E-state index contributed by atoms with van der Waals surface area (Å²) in [5, 5.41) is 5.79. The number of imidazole rings is 1. The largest absolute Gasteiger partial charge is 0.338 e. The van der Waals surface area contributed by atoms with Gasteiger partial charge in [0.25, 0.3) is 0 Å². The lowest BCUT2D eigenvalue weighted by atomic mass is 10.0. The molecule has 2 amide bonds. The predicted molar refractivity (Wildman–Crippen MR) is 104 cm³/mol. The summed E-state index contributed by atoms with van der Waals surface area (Å²) in [6, 6.07) is 12.3. The summed E-state index contributed by atoms with van der Waals surface area (Å²) in [4.78, 5) is 16.5. The number of hydrogen-bond donors (Lipinski definition) is 2. The summed E-state index contributed by atoms with van der Waals surface area (Å²) in [6.45, 7) is 7.36. The average Bonchev–Trinajstić information content (AvgIpc) is 3.03. The van der Waals surface area contributed by atoms with Gasteiger partial charge in [-0.25, -0.2) is 9.78 Å². The highest BCUT2D eigenvalue weighted by molar-refractivity contribution is 5.73. The summed E-state index contributed by atoms with van der Waals surface area (Å²) in [7, 11) is 0. The molecule has 0 saturated carbocycles. The SMILES string of the molecule is Cc1ccc(CCCNC(=O)NCc2cn3c(C)cccc3n2)c(C)c1. The summed E-state index contributed by atoms with van der Waals surface area (Å²) in [5.74, 6) is 0. The van der Waals surface area contributed by atoms with Crippen LogP contribution in [-0.4, -0.2) is 22.0 Å². The highest BCUT2D eigenvalue weighted by atomic mass is 16.2. The first-order chi connectivity index (χ1) is 12.5. The van der Waals surface area contributed by atoms with Crippen LogP contribution in [0.25, 0.3) is 5.65 Å². The van der Waals surface area contributed by atoms with Gasteiger partial charge in [-0.05, 0) is 56.9 Å². The van der Waals surface area contributed by atoms with Crippen molar-refractivity contribution in [3.63, 3.8) is 0 Å². The Bertz CT molecular complexity index is 914. The number of benzene rings is 1. The maximum absolute atomic E-state index is 12.0. The molecule has 2 heterocycles. The third-order valence-electron chi connectivity index (χ3n) is 4.58. The van der Waals surface area contributed by atoms with Crippen molar-refractivity contribution in [3.8, 4) is 0 Å². The molecule has 136 valence electrons. The van der Waals surface area contributed by atoms with Crippen molar-refractivity contribution in [3.05, 3.63) is 70.7 Å². The van der Waals surface area contributed by atoms with Crippen LogP contribution in [-0.2, 0) is 13.0 Å². The summed E-state index contributed by atoms with van der Waals surface area (Å²) < 4.78 is 2.03. The maximum atomic E-state index is 12.0. The standard InChI is InChI=1S/C21H26N4O/c1-15-9-10-18(16(2)12-15)7-5-11-22-21(26)23-13-19-14-25-17(3)6-4-8-20(25)24-19/h4,6,8-10,12,14H,5,7,11,13H2,1-3H3,(H2,22,23,26). The highest BCUT2D eigenvalue weighted by Crippen LogP contribution is 2.12. The number of carbonyl (C=O) groups excluding carboxylic acids is 1. The number of nitrogens with one attached hydrogen (secondary N) is 2. The van der Waals surface area contributed by atoms with Crippen LogP contribution in [0.5, 0.6) is 0 Å². The third kappa shape index (κ3) is 4.42. The Labute approximate surface area is 154 Å². The zero-order chi connectivity index (χ0) is 18.5. The first-order valence-electron chi connectivity index (χ1n) is 9.04. The third-order valence-corrected chi connectivity index (χ3v) is 4.58. The summed E-state index contributed by atoms with van der Waals surface area (Å²) in [6.07, 6.45) is 3.86. The van der Waals surface area contributed by atoms with Gasteiger partial charge in [0, 0.05) is 18.4 Å². The van der Waals surface area contributed by atoms with Gasteiger partial charge in [0.1, 0.15) is 5.65 Å². The molecule has 2 N–H and O–H groups in total. The first-order valence-corrected chi connectivity index (χ1v) is 9.04. The first kappa shape index (κ1) is 18.0. The monoisotopic (exact) mass is 350 g/mol. The molecule has 0 aliphatic carbocycles. The van der Waals surface area contributed by atoms with Gasteiger partial charge in [0.2, 0.25) is 0 Å². The van der Waals surface area contributed by atoms with E-state index in [-0.39, 0.29) is 6.03 Å². The summed E-state index contributed by atoms with van der Waals surface area (Å²) >= 11 is 0. The second kappa shape index (κ2) is 8.04. The lowest BCUT2D eigenvalue weighted by Crippen LogP contribution is -2.35. The predicted octanol–water partition coefficient (Wildman–Crippen LogP) is 3.69. The number of nitrogens with zero attached hydrogens (tertiary/aromatic N) is 2. The number of hydrogen-bond acceptors (Lipinski definition) is 2. The fraction of sp³-hybridized carbons (Fsp3) is 0.333. The number of carbonyl (C=O) groups is 1. The van der Waals surface area contributed by atoms with Crippen molar-refractivity contribution in [1.29, 1.82) is 0 Å². The lowest BCUT2D eigenvalue weighted by molar-refractivity contribution is 0.240. The van der Waals surface area contributed by atoms with Crippen LogP contribution in [0.2, 0.25) is 0 Å². The fourth-order valence-electron chi connectivity index (χ4n) is 3.12. The van der Waals surface area contributed by atoms with Crippen LogP contribution >= 0.6 is 0 Å². The van der Waals surface area contributed by atoms with Crippen molar-refractivity contribution in [2.75, 3.05) is 6.54 Å². The fourth-order valence-corrected chi connectivity index (χ4v) is 3.12. The molecule has 0 aliphatic heterocycles. The number of rotatable bonds is 6. The molecule has 0 spiro atoms. The van der Waals surface area contributed by atoms with Gasteiger partial charge in [0.05, 0.1) is 12.2 Å². The molecule has 2 aromatic heterocycles. The van der Waals surface area contributed by atoms with Gasteiger partial charge in [0.15, 0.2) is 0 Å². The van der Waals surface area contributed by atoms with Crippen LogP contribution in [0.4, 0.5) is 4.79 Å². The molecular weight excluding hydrogens is 324 g/mol. The van der Waals surface area contributed by atoms with E-state index in [0.717, 1.165) is 29.9 Å². The number of amides is 2. The number of aryl methyl sites for hydroxylation is 4. The molecule has 0 atom stereocenters. The van der Waals surface area contributed by atoms with Crippen molar-refractivity contribution < 1.29 is 4.79 Å². The molecule has 0 fully saturated rings. The minimum atomic E-state index is -0.153. The Morgan fingerprint density at radius 2 is 1.96 bits per heavy atom. The molecule has 5 nitrogen and oxygen atoms in total. The van der Waals surface area contributed by atoms with E-state index < -0.39 is 0 Å². The number of aromatic nitrogens is 2. The van der Waals surface area contributed by atoms with E-state index in [4.69, 9.17) is 0 Å². The van der Waals surface area contributed by atoms with E-state index in [1.165, 1.54) is 16.7 Å². The number of urea groups is 1. The van der Waals surface area contributed by atoms with Crippen molar-refractivity contribution in [2.45, 2.75) is 40.2 Å². The zero-order valence-electron chi connectivity index (χ0n) is 15.7. The van der Waals surface area contributed by atoms with Crippen LogP contribution in [0.1, 0.15) is 34.5 Å². The molecular formula is C21H26N4O. The molecule has 0 bridgehead atoms. The molecule has 1 aromatic carbocycles. The van der Waals surface area contributed by atoms with Gasteiger partial charge in [-0.15, -0.1) is 0 Å². The number of pyridine rings is 1. The molecule has 26 heavy (non-hydrogen) atoms. The zero-order valence-corrected chi connectivity index (χ0v) is 15.7. The van der Waals surface area contributed by atoms with Crippen molar-refractivity contribution in [2.24, 2.45) is 0 Å². The molecule has 3 rings (SSSR count). The molecule has 0 aliphatic rings. The van der Waals surface area contributed by atoms with E-state index in [1.54, 1.807) is 0 Å². The van der Waals surface area contributed by atoms with Gasteiger partial charge >= 0.3 is 6.03 Å². The van der Waals surface area contributed by atoms with Crippen molar-refractivity contribution in [1.82, 2.24) is 20.0 Å². The Morgan fingerprint density at radius 1 is 1.12 bits per heavy atom. The molecule has 0 unspecified atom stereocenters.